The fourth-order valence-electron chi connectivity index (χ4n) is 4.38. The number of anilines is 1. The summed E-state index contributed by atoms with van der Waals surface area (Å²) < 4.78 is 1.11. The number of amides is 1. The van der Waals surface area contributed by atoms with Gasteiger partial charge < -0.3 is 4.90 Å². The predicted octanol–water partition coefficient (Wildman–Crippen LogP) is 6.67. The second kappa shape index (κ2) is 10.6. The third-order valence-electron chi connectivity index (χ3n) is 6.33. The molecule has 0 bridgehead atoms. The Bertz CT molecular complexity index is 1510. The molecule has 0 fully saturated rings. The van der Waals surface area contributed by atoms with E-state index in [1.807, 2.05) is 65.6 Å². The van der Waals surface area contributed by atoms with Crippen molar-refractivity contribution in [3.63, 3.8) is 0 Å². The first kappa shape index (κ1) is 24.1. The zero-order chi connectivity index (χ0) is 25.1. The first-order valence-corrected chi connectivity index (χ1v) is 13.2. The molecule has 5 aromatic rings. The van der Waals surface area contributed by atoms with Crippen LogP contribution in [0.4, 0.5) is 5.13 Å². The molecule has 0 aliphatic heterocycles. The summed E-state index contributed by atoms with van der Waals surface area (Å²) in [7, 11) is 4.11. The zero-order valence-corrected chi connectivity index (χ0v) is 21.8. The van der Waals surface area contributed by atoms with Gasteiger partial charge >= 0.3 is 0 Å². The molecule has 2 aromatic heterocycles. The van der Waals surface area contributed by atoms with Crippen LogP contribution in [-0.2, 0) is 6.42 Å². The molecule has 1 amide bonds. The summed E-state index contributed by atoms with van der Waals surface area (Å²) in [6.45, 7) is 3.63. The van der Waals surface area contributed by atoms with E-state index in [4.69, 9.17) is 9.97 Å². The van der Waals surface area contributed by atoms with Gasteiger partial charge in [0.15, 0.2) is 5.13 Å². The van der Waals surface area contributed by atoms with Gasteiger partial charge in [-0.15, -0.1) is 0 Å². The summed E-state index contributed by atoms with van der Waals surface area (Å²) in [4.78, 5) is 28.0. The molecule has 0 radical (unpaired) electrons. The smallest absolute Gasteiger partial charge is 0.260 e. The van der Waals surface area contributed by atoms with Crippen molar-refractivity contribution in [2.45, 2.75) is 19.8 Å². The lowest BCUT2D eigenvalue weighted by molar-refractivity contribution is 0.0987. The highest BCUT2D eigenvalue weighted by molar-refractivity contribution is 7.22. The van der Waals surface area contributed by atoms with E-state index in [9.17, 15) is 4.79 Å². The highest BCUT2D eigenvalue weighted by atomic mass is 32.1. The second-order valence-electron chi connectivity index (χ2n) is 9.20. The number of carbonyl (C=O) groups excluding carboxylic acids is 1. The third-order valence-corrected chi connectivity index (χ3v) is 7.37. The number of para-hydroxylation sites is 1. The summed E-state index contributed by atoms with van der Waals surface area (Å²) in [6.07, 6.45) is 1.82. The van der Waals surface area contributed by atoms with Gasteiger partial charge in [0.2, 0.25) is 0 Å². The van der Waals surface area contributed by atoms with Gasteiger partial charge in [0, 0.05) is 17.5 Å². The Hall–Kier alpha value is -3.61. The first-order chi connectivity index (χ1) is 17.5. The number of rotatable bonds is 8. The van der Waals surface area contributed by atoms with Gasteiger partial charge in [0.1, 0.15) is 0 Å². The Labute approximate surface area is 216 Å². The van der Waals surface area contributed by atoms with E-state index >= 15 is 0 Å². The number of benzene rings is 3. The van der Waals surface area contributed by atoms with Crippen molar-refractivity contribution in [3.05, 3.63) is 90.0 Å². The lowest BCUT2D eigenvalue weighted by Gasteiger charge is -2.22. The van der Waals surface area contributed by atoms with E-state index in [1.54, 1.807) is 11.3 Å². The Kier molecular flexibility index (Phi) is 7.07. The number of aryl methyl sites for hydroxylation is 1. The molecule has 36 heavy (non-hydrogen) atoms. The quantitative estimate of drug-likeness (QED) is 0.242. The average Bonchev–Trinajstić information content (AvgIpc) is 3.33. The minimum atomic E-state index is -0.0423. The van der Waals surface area contributed by atoms with Gasteiger partial charge in [-0.25, -0.2) is 9.97 Å². The molecule has 182 valence electrons. The average molecular weight is 495 g/mol. The first-order valence-electron chi connectivity index (χ1n) is 12.3. The highest BCUT2D eigenvalue weighted by Gasteiger charge is 2.24. The molecule has 0 atom stereocenters. The fraction of sp³-hybridized carbons (Fsp3) is 0.233. The Morgan fingerprint density at radius 3 is 2.42 bits per heavy atom. The largest absolute Gasteiger partial charge is 0.309 e. The van der Waals surface area contributed by atoms with Crippen LogP contribution in [0.3, 0.4) is 0 Å². The molecule has 3 aromatic carbocycles. The SMILES string of the molecule is CCc1ccc2nc(N(CCCN(C)C)C(=O)c3cc(-c4ccccc4)nc4ccccc34)sc2c1. The monoisotopic (exact) mass is 494 g/mol. The summed E-state index contributed by atoms with van der Waals surface area (Å²) in [6, 6.07) is 26.2. The minimum Gasteiger partial charge on any atom is -0.309 e. The van der Waals surface area contributed by atoms with Gasteiger partial charge in [0.05, 0.1) is 27.0 Å². The molecule has 6 heteroatoms. The van der Waals surface area contributed by atoms with Gasteiger partial charge in [-0.1, -0.05) is 72.9 Å². The molecular weight excluding hydrogens is 464 g/mol. The highest BCUT2D eigenvalue weighted by Crippen LogP contribution is 2.33. The number of nitrogens with zero attached hydrogens (tertiary/aromatic N) is 4. The topological polar surface area (TPSA) is 49.3 Å². The summed E-state index contributed by atoms with van der Waals surface area (Å²) in [5, 5.41) is 1.60. The lowest BCUT2D eigenvalue weighted by atomic mass is 10.0. The van der Waals surface area contributed by atoms with E-state index in [1.165, 1.54) is 5.56 Å². The minimum absolute atomic E-state index is 0.0423. The summed E-state index contributed by atoms with van der Waals surface area (Å²) in [5.41, 5.74) is 5.45. The number of hydrogen-bond donors (Lipinski definition) is 0. The Morgan fingerprint density at radius 1 is 0.861 bits per heavy atom. The molecule has 0 spiro atoms. The number of hydrogen-bond acceptors (Lipinski definition) is 5. The van der Waals surface area contributed by atoms with E-state index in [0.717, 1.165) is 56.9 Å². The molecule has 0 saturated carbocycles. The van der Waals surface area contributed by atoms with Crippen LogP contribution in [0.25, 0.3) is 32.4 Å². The lowest BCUT2D eigenvalue weighted by Crippen LogP contribution is -2.33. The van der Waals surface area contributed by atoms with Gasteiger partial charge in [-0.05, 0) is 63.3 Å². The molecule has 0 unspecified atom stereocenters. The molecule has 5 rings (SSSR count). The van der Waals surface area contributed by atoms with Crippen LogP contribution in [0.1, 0.15) is 29.3 Å². The predicted molar refractivity (Wildman–Crippen MR) is 151 cm³/mol. The van der Waals surface area contributed by atoms with E-state index in [2.05, 4.69) is 44.1 Å². The van der Waals surface area contributed by atoms with Crippen molar-refractivity contribution in [3.8, 4) is 11.3 Å². The molecule has 0 aliphatic rings. The van der Waals surface area contributed by atoms with Crippen LogP contribution in [0.5, 0.6) is 0 Å². The summed E-state index contributed by atoms with van der Waals surface area (Å²) >= 11 is 1.59. The van der Waals surface area contributed by atoms with Gasteiger partial charge in [0.25, 0.3) is 5.91 Å². The molecule has 0 N–H and O–H groups in total. The number of fused-ring (bicyclic) bond motifs is 2. The van der Waals surface area contributed by atoms with Gasteiger partial charge in [-0.2, -0.15) is 0 Å². The van der Waals surface area contributed by atoms with Crippen molar-refractivity contribution >= 4 is 43.5 Å². The van der Waals surface area contributed by atoms with E-state index in [0.29, 0.717) is 12.1 Å². The number of thiazole rings is 1. The molecule has 0 saturated heterocycles. The van der Waals surface area contributed by atoms with Crippen molar-refractivity contribution < 1.29 is 4.79 Å². The third kappa shape index (κ3) is 5.01. The van der Waals surface area contributed by atoms with Crippen LogP contribution in [0.15, 0.2) is 78.9 Å². The maximum atomic E-state index is 14.3. The van der Waals surface area contributed by atoms with Crippen LogP contribution < -0.4 is 4.90 Å². The van der Waals surface area contributed by atoms with Crippen molar-refractivity contribution in [1.82, 2.24) is 14.9 Å². The Morgan fingerprint density at radius 2 is 1.64 bits per heavy atom. The molecule has 0 aliphatic carbocycles. The number of carbonyl (C=O) groups is 1. The maximum Gasteiger partial charge on any atom is 0.260 e. The zero-order valence-electron chi connectivity index (χ0n) is 20.9. The molecule has 2 heterocycles. The standard InChI is InChI=1S/C30H30N4OS/c1-4-21-15-16-26-28(19-21)36-30(32-26)34(18-10-17-33(2)3)29(35)24-20-27(22-11-6-5-7-12-22)31-25-14-9-8-13-23(24)25/h5-9,11-16,19-20H,4,10,17-18H2,1-3H3. The molecule has 5 nitrogen and oxygen atoms in total. The van der Waals surface area contributed by atoms with Gasteiger partial charge in [-0.3, -0.25) is 9.69 Å². The number of pyridine rings is 1. The second-order valence-corrected chi connectivity index (χ2v) is 10.2. The van der Waals surface area contributed by atoms with Crippen LogP contribution >= 0.6 is 11.3 Å². The van der Waals surface area contributed by atoms with Crippen molar-refractivity contribution in [1.29, 1.82) is 0 Å². The maximum absolute atomic E-state index is 14.3. The van der Waals surface area contributed by atoms with E-state index < -0.39 is 0 Å². The fourth-order valence-corrected chi connectivity index (χ4v) is 5.43. The van der Waals surface area contributed by atoms with Crippen molar-refractivity contribution in [2.75, 3.05) is 32.1 Å². The molecular formula is C30H30N4OS. The summed E-state index contributed by atoms with van der Waals surface area (Å²) in [5.74, 6) is -0.0423. The Balaban J connectivity index is 1.61. The van der Waals surface area contributed by atoms with Crippen LogP contribution in [-0.4, -0.2) is 48.0 Å². The van der Waals surface area contributed by atoms with Crippen molar-refractivity contribution in [2.24, 2.45) is 0 Å². The number of aromatic nitrogens is 2. The van der Waals surface area contributed by atoms with Crippen LogP contribution in [0, 0.1) is 0 Å². The van der Waals surface area contributed by atoms with E-state index in [-0.39, 0.29) is 5.91 Å². The normalized spacial score (nSPS) is 11.4. The van der Waals surface area contributed by atoms with Crippen LogP contribution in [0.2, 0.25) is 0 Å².